The Balaban J connectivity index is 1.72. The van der Waals surface area contributed by atoms with Crippen molar-refractivity contribution in [3.8, 4) is 0 Å². The molecule has 1 aliphatic heterocycles. The summed E-state index contributed by atoms with van der Waals surface area (Å²) < 4.78 is 106. The monoisotopic (exact) mass is 661 g/mol. The number of hydrogen-bond donors (Lipinski definition) is 4. The third-order valence-electron chi connectivity index (χ3n) is 7.59. The van der Waals surface area contributed by atoms with Gasteiger partial charge < -0.3 is 15.6 Å². The Hall–Kier alpha value is -4.42. The highest BCUT2D eigenvalue weighted by Crippen LogP contribution is 2.45. The van der Waals surface area contributed by atoms with E-state index in [4.69, 9.17) is 11.3 Å². The Bertz CT molecular complexity index is 1580. The van der Waals surface area contributed by atoms with Crippen LogP contribution in [0.15, 0.2) is 63.9 Å². The zero-order valence-corrected chi connectivity index (χ0v) is 24.6. The minimum Gasteiger partial charge on any atom is -0.339 e. The van der Waals surface area contributed by atoms with E-state index in [1.807, 2.05) is 0 Å². The van der Waals surface area contributed by atoms with Gasteiger partial charge in [0.25, 0.3) is 5.91 Å². The molecule has 0 bridgehead atoms. The Morgan fingerprint density at radius 3 is 2.20 bits per heavy atom. The predicted molar refractivity (Wildman–Crippen MR) is 152 cm³/mol. The number of nitrogens with one attached hydrogen (secondary N) is 3. The summed E-state index contributed by atoms with van der Waals surface area (Å²) in [4.78, 5) is 20.0. The Morgan fingerprint density at radius 1 is 1.04 bits per heavy atom. The van der Waals surface area contributed by atoms with Crippen LogP contribution < -0.4 is 16.5 Å². The molecule has 2 aromatic rings. The summed E-state index contributed by atoms with van der Waals surface area (Å²) in [5, 5.41) is 15.7. The topological polar surface area (TPSA) is 169 Å². The molecular weight excluding hydrogens is 632 g/mol. The SMILES string of the molecule is CN1C(=Nc2ccc(NC(F)(F)F)cc2)N(Cc2ccc(C(=O)NC(=N)/N=N\N)cc2)C2CC(C(F)(F)F)C[C@H](S(C)(=O)=O)C21. The van der Waals surface area contributed by atoms with Crippen LogP contribution in [0.25, 0.3) is 0 Å². The molecule has 2 fully saturated rings. The molecule has 1 saturated heterocycles. The van der Waals surface area contributed by atoms with Crippen molar-refractivity contribution < 1.29 is 39.6 Å². The predicted octanol–water partition coefficient (Wildman–Crippen LogP) is 4.17. The smallest absolute Gasteiger partial charge is 0.339 e. The van der Waals surface area contributed by atoms with E-state index >= 15 is 0 Å². The second-order valence-electron chi connectivity index (χ2n) is 10.7. The third kappa shape index (κ3) is 8.00. The molecule has 2 aromatic carbocycles. The molecule has 12 nitrogen and oxygen atoms in total. The highest BCUT2D eigenvalue weighted by molar-refractivity contribution is 7.91. The fraction of sp³-hybridized carbons (Fsp3) is 0.423. The summed E-state index contributed by atoms with van der Waals surface area (Å²) in [6, 6.07) is 8.88. The van der Waals surface area contributed by atoms with Gasteiger partial charge in [-0.05, 0) is 54.8 Å². The van der Waals surface area contributed by atoms with Gasteiger partial charge in [-0.2, -0.15) is 26.3 Å². The number of alkyl halides is 6. The van der Waals surface area contributed by atoms with E-state index in [2.05, 4.69) is 20.6 Å². The number of aliphatic imine (C=N–C) groups is 1. The van der Waals surface area contributed by atoms with E-state index < -0.39 is 70.3 Å². The lowest BCUT2D eigenvalue weighted by molar-refractivity contribution is -0.186. The summed E-state index contributed by atoms with van der Waals surface area (Å²) in [5.41, 5.74) is 0.577. The third-order valence-corrected chi connectivity index (χ3v) is 9.16. The molecule has 1 amide bonds. The van der Waals surface area contributed by atoms with Gasteiger partial charge in [0.1, 0.15) is 0 Å². The van der Waals surface area contributed by atoms with Gasteiger partial charge in [-0.15, -0.1) is 0 Å². The van der Waals surface area contributed by atoms with Crippen LogP contribution in [0.5, 0.6) is 0 Å². The molecule has 4 rings (SSSR count). The average molecular weight is 662 g/mol. The number of fused-ring (bicyclic) bond motifs is 1. The first-order valence-electron chi connectivity index (χ1n) is 13.3. The van der Waals surface area contributed by atoms with Crippen LogP contribution >= 0.6 is 0 Å². The molecule has 5 N–H and O–H groups in total. The van der Waals surface area contributed by atoms with E-state index in [1.165, 1.54) is 53.7 Å². The Kier molecular flexibility index (Phi) is 9.32. The molecule has 1 saturated carbocycles. The largest absolute Gasteiger partial charge is 0.482 e. The van der Waals surface area contributed by atoms with Gasteiger partial charge in [0.15, 0.2) is 9.84 Å². The van der Waals surface area contributed by atoms with E-state index in [1.54, 1.807) is 4.90 Å². The van der Waals surface area contributed by atoms with Crippen molar-refractivity contribution in [2.45, 2.75) is 49.2 Å². The molecule has 1 aliphatic carbocycles. The fourth-order valence-electron chi connectivity index (χ4n) is 5.64. The van der Waals surface area contributed by atoms with Crippen molar-refractivity contribution in [1.29, 1.82) is 5.41 Å². The first-order valence-corrected chi connectivity index (χ1v) is 15.2. The number of guanidine groups is 2. The van der Waals surface area contributed by atoms with Crippen LogP contribution in [-0.2, 0) is 16.4 Å². The molecule has 1 heterocycles. The zero-order valence-electron chi connectivity index (χ0n) is 23.8. The van der Waals surface area contributed by atoms with Crippen molar-refractivity contribution in [3.63, 3.8) is 0 Å². The number of carbonyl (C=O) groups is 1. The van der Waals surface area contributed by atoms with Crippen LogP contribution in [-0.4, -0.2) is 79.2 Å². The van der Waals surface area contributed by atoms with Gasteiger partial charge in [0, 0.05) is 31.1 Å². The number of nitrogens with zero attached hydrogens (tertiary/aromatic N) is 5. The maximum Gasteiger partial charge on any atom is 0.482 e. The molecule has 19 heteroatoms. The van der Waals surface area contributed by atoms with Crippen molar-refractivity contribution >= 4 is 39.0 Å². The molecule has 0 aromatic heterocycles. The van der Waals surface area contributed by atoms with Gasteiger partial charge in [-0.25, -0.2) is 13.4 Å². The van der Waals surface area contributed by atoms with Crippen molar-refractivity contribution in [2.24, 2.45) is 27.1 Å². The van der Waals surface area contributed by atoms with E-state index in [-0.39, 0.29) is 29.4 Å². The number of nitrogens with two attached hydrogens (primary N) is 1. The van der Waals surface area contributed by atoms with Crippen LogP contribution in [0.3, 0.4) is 0 Å². The summed E-state index contributed by atoms with van der Waals surface area (Å²) in [6.45, 7) is -0.0434. The lowest BCUT2D eigenvalue weighted by Gasteiger charge is -2.41. The normalized spacial score (nSPS) is 23.3. The number of sulfone groups is 1. The maximum atomic E-state index is 14.1. The molecule has 4 atom stereocenters. The lowest BCUT2D eigenvalue weighted by Crippen LogP contribution is -2.55. The van der Waals surface area contributed by atoms with Crippen molar-refractivity contribution in [3.05, 3.63) is 59.7 Å². The van der Waals surface area contributed by atoms with Gasteiger partial charge in [-0.1, -0.05) is 22.5 Å². The minimum absolute atomic E-state index is 0.0434. The van der Waals surface area contributed by atoms with Gasteiger partial charge in [0.05, 0.1) is 28.9 Å². The number of amides is 1. The molecule has 3 unspecified atom stereocenters. The molecule has 2 aliphatic rings. The fourth-order valence-corrected chi connectivity index (χ4v) is 7.10. The highest BCUT2D eigenvalue weighted by Gasteiger charge is 2.57. The molecule has 0 radical (unpaired) electrons. The van der Waals surface area contributed by atoms with Gasteiger partial charge in [-0.3, -0.25) is 20.8 Å². The summed E-state index contributed by atoms with van der Waals surface area (Å²) in [7, 11) is -2.46. The number of anilines is 1. The number of halogens is 6. The number of benzene rings is 2. The van der Waals surface area contributed by atoms with Crippen LogP contribution in [0, 0.1) is 11.3 Å². The molecule has 0 spiro atoms. The van der Waals surface area contributed by atoms with Crippen molar-refractivity contribution in [2.75, 3.05) is 18.6 Å². The standard InChI is InChI=1S/C26H29F6N9O3S/c1-40-21-19(11-16(25(27,28)29)12-20(21)45(2,43)44)41(24(40)35-17-7-9-18(10-8-17)37-26(30,31)32)13-14-3-5-15(6-4-14)22(42)36-23(33)38-39-34/h3-10,16,19-21,37H,11-13H2,1-2H3,(H4,33,34,36,38,42)/t16?,19?,20-,21?/m0/s1. The van der Waals surface area contributed by atoms with Crippen LogP contribution in [0.1, 0.15) is 28.8 Å². The second kappa shape index (κ2) is 12.5. The molecule has 45 heavy (non-hydrogen) atoms. The summed E-state index contributed by atoms with van der Waals surface area (Å²) in [6.07, 6.45) is -9.49. The second-order valence-corrected chi connectivity index (χ2v) is 12.9. The van der Waals surface area contributed by atoms with Crippen LogP contribution in [0.4, 0.5) is 37.7 Å². The number of hydrogen-bond acceptors (Lipinski definition) is 7. The maximum absolute atomic E-state index is 14.1. The average Bonchev–Trinajstić information content (AvgIpc) is 3.18. The zero-order chi connectivity index (χ0) is 33.3. The minimum atomic E-state index is -4.67. The number of carbonyl (C=O) groups excluding carboxylic acids is 1. The van der Waals surface area contributed by atoms with E-state index in [0.717, 1.165) is 18.4 Å². The summed E-state index contributed by atoms with van der Waals surface area (Å²) >= 11 is 0. The van der Waals surface area contributed by atoms with Crippen LogP contribution in [0.2, 0.25) is 0 Å². The lowest BCUT2D eigenvalue weighted by atomic mass is 9.81. The first-order chi connectivity index (χ1) is 20.9. The Morgan fingerprint density at radius 2 is 1.67 bits per heavy atom. The van der Waals surface area contributed by atoms with Crippen molar-refractivity contribution in [1.82, 2.24) is 15.1 Å². The number of likely N-dealkylation sites (N-methyl/N-ethyl adjacent to an activating group) is 1. The van der Waals surface area contributed by atoms with Gasteiger partial charge >= 0.3 is 12.5 Å². The van der Waals surface area contributed by atoms with E-state index in [0.29, 0.717) is 5.56 Å². The number of rotatable bonds is 6. The highest BCUT2D eigenvalue weighted by atomic mass is 32.2. The summed E-state index contributed by atoms with van der Waals surface area (Å²) in [5.74, 6) is 1.78. The first kappa shape index (κ1) is 33.5. The van der Waals surface area contributed by atoms with E-state index in [9.17, 15) is 39.6 Å². The quantitative estimate of drug-likeness (QED) is 0.0686. The Labute approximate surface area is 253 Å². The van der Waals surface area contributed by atoms with Gasteiger partial charge in [0.2, 0.25) is 11.9 Å². The molecule has 244 valence electrons. The molecular formula is C26H29F6N9O3S.